The largest absolute Gasteiger partial charge is 0.481 e. The lowest BCUT2D eigenvalue weighted by Crippen LogP contribution is -2.16. The van der Waals surface area contributed by atoms with E-state index in [0.717, 1.165) is 47.5 Å². The number of pyridine rings is 1. The predicted octanol–water partition coefficient (Wildman–Crippen LogP) is 10.4. The smallest absolute Gasteiger partial charge is 0.416 e. The van der Waals surface area contributed by atoms with Crippen molar-refractivity contribution in [1.82, 2.24) is 4.98 Å². The van der Waals surface area contributed by atoms with Crippen LogP contribution in [0.25, 0.3) is 22.3 Å². The molecule has 3 aromatic carbocycles. The van der Waals surface area contributed by atoms with Crippen LogP contribution in [0, 0.1) is 12.8 Å². The van der Waals surface area contributed by atoms with Crippen molar-refractivity contribution in [3.05, 3.63) is 106 Å². The quantitative estimate of drug-likeness (QED) is 0.209. The summed E-state index contributed by atoms with van der Waals surface area (Å²) in [5, 5.41) is 12.9. The van der Waals surface area contributed by atoms with Gasteiger partial charge >= 0.3 is 24.5 Å². The minimum atomic E-state index is -4.85. The minimum absolute atomic E-state index is 0.120. The second kappa shape index (κ2) is 13.7. The predicted molar refractivity (Wildman–Crippen MR) is 163 cm³/mol. The highest BCUT2D eigenvalue weighted by molar-refractivity contribution is 5.90. The summed E-state index contributed by atoms with van der Waals surface area (Å²) in [6.45, 7) is 1.78. The van der Waals surface area contributed by atoms with E-state index in [0.29, 0.717) is 29.5 Å². The number of hydrogen-bond donors (Lipinski definition) is 1. The van der Waals surface area contributed by atoms with E-state index in [-0.39, 0.29) is 29.0 Å². The lowest BCUT2D eigenvalue weighted by molar-refractivity contribution is -0.143. The van der Waals surface area contributed by atoms with Gasteiger partial charge in [0.1, 0.15) is 0 Å². The summed E-state index contributed by atoms with van der Waals surface area (Å²) in [4.78, 5) is 20.5. The number of ether oxygens (including phenoxy) is 1. The van der Waals surface area contributed by atoms with Crippen LogP contribution in [0.1, 0.15) is 63.5 Å². The third kappa shape index (κ3) is 7.87. The first kappa shape index (κ1) is 36.2. The lowest BCUT2D eigenvalue weighted by atomic mass is 9.91. The molecule has 2 aliphatic rings. The van der Waals surface area contributed by atoms with Crippen molar-refractivity contribution in [1.29, 1.82) is 0 Å². The number of carboxylic acid groups (broad SMARTS) is 1. The standard InChI is InChI=1S/C21H16F3NO3.C14H11F6NO/c1-12-9-14(20(26)27)5-8-17(12)15-10-18(19(28-2)25-11-15)13-3-6-16(7-4-13)21(22,23)24;15-13(16,17)8-4-7(5-9(6-8)14(18,19)20)12-10-2-1-3-11(10)21-22-12/h3-11H,1-2H3,(H,26,27);4-6,10,12H,1-3H2. The molecule has 0 bridgehead atoms. The summed E-state index contributed by atoms with van der Waals surface area (Å²) in [5.41, 5.74) is 0.645. The number of aryl methyl sites for hydroxylation is 1. The summed E-state index contributed by atoms with van der Waals surface area (Å²) in [6, 6.07) is 12.8. The third-order valence-electron chi connectivity index (χ3n) is 8.32. The van der Waals surface area contributed by atoms with Crippen molar-refractivity contribution in [3.63, 3.8) is 0 Å². The van der Waals surface area contributed by atoms with Gasteiger partial charge in [0, 0.05) is 23.2 Å². The zero-order valence-corrected chi connectivity index (χ0v) is 26.2. The maximum absolute atomic E-state index is 12.9. The lowest BCUT2D eigenvalue weighted by Gasteiger charge is -2.19. The van der Waals surface area contributed by atoms with Gasteiger partial charge in [0.15, 0.2) is 6.10 Å². The highest BCUT2D eigenvalue weighted by Gasteiger charge is 2.42. The Morgan fingerprint density at radius 1 is 0.800 bits per heavy atom. The number of methoxy groups -OCH3 is 1. The van der Waals surface area contributed by atoms with E-state index in [9.17, 15) is 44.3 Å². The zero-order valence-electron chi connectivity index (χ0n) is 26.2. The summed E-state index contributed by atoms with van der Waals surface area (Å²) in [7, 11) is 1.43. The average molecular weight is 711 g/mol. The number of halogens is 9. The number of aromatic nitrogens is 1. The van der Waals surface area contributed by atoms with Crippen LogP contribution >= 0.6 is 0 Å². The van der Waals surface area contributed by atoms with E-state index in [4.69, 9.17) is 14.7 Å². The molecule has 1 N–H and O–H groups in total. The minimum Gasteiger partial charge on any atom is -0.481 e. The number of aromatic carboxylic acids is 1. The molecular weight excluding hydrogens is 683 g/mol. The Labute approximate surface area is 279 Å². The molecule has 4 aromatic rings. The monoisotopic (exact) mass is 710 g/mol. The number of oxime groups is 1. The van der Waals surface area contributed by atoms with Gasteiger partial charge < -0.3 is 14.7 Å². The second-order valence-corrected chi connectivity index (χ2v) is 11.6. The first-order chi connectivity index (χ1) is 23.4. The van der Waals surface area contributed by atoms with Crippen molar-refractivity contribution >= 4 is 11.7 Å². The van der Waals surface area contributed by atoms with Gasteiger partial charge in [0.05, 0.1) is 35.1 Å². The van der Waals surface area contributed by atoms with Gasteiger partial charge in [-0.3, -0.25) is 0 Å². The first-order valence-corrected chi connectivity index (χ1v) is 14.9. The topological polar surface area (TPSA) is 81.0 Å². The zero-order chi connectivity index (χ0) is 36.6. The van der Waals surface area contributed by atoms with Gasteiger partial charge in [-0.15, -0.1) is 0 Å². The molecule has 1 aliphatic heterocycles. The van der Waals surface area contributed by atoms with Crippen LogP contribution in [-0.2, 0) is 23.4 Å². The van der Waals surface area contributed by atoms with Gasteiger partial charge in [0.2, 0.25) is 5.88 Å². The van der Waals surface area contributed by atoms with Crippen LogP contribution in [-0.4, -0.2) is 28.9 Å². The van der Waals surface area contributed by atoms with E-state index >= 15 is 0 Å². The molecule has 1 saturated carbocycles. The highest BCUT2D eigenvalue weighted by Crippen LogP contribution is 2.45. The number of benzene rings is 3. The van der Waals surface area contributed by atoms with Crippen molar-refractivity contribution in [2.24, 2.45) is 11.1 Å². The van der Waals surface area contributed by atoms with Crippen LogP contribution in [0.3, 0.4) is 0 Å². The molecular formula is C35H27F9N2O4. The summed E-state index contributed by atoms with van der Waals surface area (Å²) < 4.78 is 121. The Balaban J connectivity index is 0.000000200. The van der Waals surface area contributed by atoms with Gasteiger partial charge in [-0.05, 0) is 97.0 Å². The Morgan fingerprint density at radius 3 is 1.96 bits per heavy atom. The molecule has 6 nitrogen and oxygen atoms in total. The van der Waals surface area contributed by atoms with E-state index < -0.39 is 47.3 Å². The number of alkyl halides is 9. The Kier molecular flexibility index (Phi) is 9.90. The molecule has 0 saturated heterocycles. The highest BCUT2D eigenvalue weighted by atomic mass is 19.4. The SMILES string of the molecule is COc1ncc(-c2ccc(C(=O)O)cc2C)cc1-c1ccc(C(F)(F)F)cc1.FC(F)(F)c1cc(C2ON=C3CCCC32)cc(C(F)(F)F)c1. The molecule has 1 fully saturated rings. The molecule has 2 unspecified atom stereocenters. The van der Waals surface area contributed by atoms with Crippen LogP contribution in [0.2, 0.25) is 0 Å². The molecule has 264 valence electrons. The average Bonchev–Trinajstić information content (AvgIpc) is 3.68. The van der Waals surface area contributed by atoms with Gasteiger partial charge in [0.25, 0.3) is 0 Å². The molecule has 50 heavy (non-hydrogen) atoms. The fourth-order valence-corrected chi connectivity index (χ4v) is 5.86. The van der Waals surface area contributed by atoms with Crippen molar-refractivity contribution < 1.29 is 59.0 Å². The fraction of sp³-hybridized carbons (Fsp3) is 0.286. The molecule has 2 heterocycles. The molecule has 1 aromatic heterocycles. The molecule has 0 radical (unpaired) electrons. The molecule has 6 rings (SSSR count). The fourth-order valence-electron chi connectivity index (χ4n) is 5.86. The van der Waals surface area contributed by atoms with E-state index in [2.05, 4.69) is 10.1 Å². The number of fused-ring (bicyclic) bond motifs is 1. The molecule has 15 heteroatoms. The van der Waals surface area contributed by atoms with Crippen LogP contribution in [0.15, 0.2) is 78.1 Å². The van der Waals surface area contributed by atoms with Crippen molar-refractivity contribution in [3.8, 4) is 28.1 Å². The summed E-state index contributed by atoms with van der Waals surface area (Å²) >= 11 is 0. The molecule has 2 atom stereocenters. The van der Waals surface area contributed by atoms with Crippen molar-refractivity contribution in [2.75, 3.05) is 7.11 Å². The van der Waals surface area contributed by atoms with Gasteiger partial charge in [-0.25, -0.2) is 9.78 Å². The van der Waals surface area contributed by atoms with Crippen LogP contribution < -0.4 is 4.74 Å². The van der Waals surface area contributed by atoms with E-state index in [1.807, 2.05) is 0 Å². The second-order valence-electron chi connectivity index (χ2n) is 11.6. The number of carboxylic acids is 1. The van der Waals surface area contributed by atoms with E-state index in [1.165, 1.54) is 25.3 Å². The maximum atomic E-state index is 12.9. The Morgan fingerprint density at radius 2 is 1.42 bits per heavy atom. The van der Waals surface area contributed by atoms with Crippen LogP contribution in [0.5, 0.6) is 5.88 Å². The molecule has 0 spiro atoms. The molecule has 0 amide bonds. The van der Waals surface area contributed by atoms with Gasteiger partial charge in [-0.1, -0.05) is 23.4 Å². The number of nitrogens with zero attached hydrogens (tertiary/aromatic N) is 2. The molecule has 1 aliphatic carbocycles. The van der Waals surface area contributed by atoms with Crippen molar-refractivity contribution in [2.45, 2.75) is 50.8 Å². The van der Waals surface area contributed by atoms with Crippen LogP contribution in [0.4, 0.5) is 39.5 Å². The summed E-state index contributed by atoms with van der Waals surface area (Å²) in [6.07, 6.45) is -11.3. The number of carbonyl (C=O) groups is 1. The third-order valence-corrected chi connectivity index (χ3v) is 8.32. The number of hydrogen-bond acceptors (Lipinski definition) is 5. The van der Waals surface area contributed by atoms with E-state index in [1.54, 1.807) is 31.3 Å². The first-order valence-electron chi connectivity index (χ1n) is 14.9. The normalized spacial score (nSPS) is 17.3. The Bertz CT molecular complexity index is 1890. The number of rotatable bonds is 5. The van der Waals surface area contributed by atoms with Gasteiger partial charge in [-0.2, -0.15) is 39.5 Å². The Hall–Kier alpha value is -5.08. The maximum Gasteiger partial charge on any atom is 0.416 e. The summed E-state index contributed by atoms with van der Waals surface area (Å²) in [5.74, 6) is -0.971.